The molecule has 0 aliphatic rings. The van der Waals surface area contributed by atoms with E-state index < -0.39 is 0 Å². The van der Waals surface area contributed by atoms with Crippen molar-refractivity contribution < 1.29 is 0 Å². The Labute approximate surface area is 140 Å². The van der Waals surface area contributed by atoms with Crippen LogP contribution in [0.15, 0.2) is 30.3 Å². The first-order chi connectivity index (χ1) is 10.1. The van der Waals surface area contributed by atoms with Crippen LogP contribution in [0.3, 0.4) is 0 Å². The van der Waals surface area contributed by atoms with Crippen molar-refractivity contribution in [1.82, 2.24) is 9.78 Å². The second kappa shape index (κ2) is 7.46. The van der Waals surface area contributed by atoms with Crippen LogP contribution in [0.5, 0.6) is 0 Å². The molecule has 2 unspecified atom stereocenters. The zero-order valence-electron chi connectivity index (χ0n) is 12.8. The molecule has 2 rings (SSSR count). The average molecular weight is 370 g/mol. The average Bonchev–Trinajstić information content (AvgIpc) is 2.83. The third-order valence-corrected chi connectivity index (χ3v) is 5.69. The van der Waals surface area contributed by atoms with Crippen molar-refractivity contribution in [2.75, 3.05) is 0 Å². The van der Waals surface area contributed by atoms with Gasteiger partial charge in [0.2, 0.25) is 0 Å². The fourth-order valence-electron chi connectivity index (χ4n) is 2.59. The van der Waals surface area contributed by atoms with Gasteiger partial charge in [-0.25, -0.2) is 0 Å². The van der Waals surface area contributed by atoms with Crippen LogP contribution in [0, 0.1) is 5.92 Å². The van der Waals surface area contributed by atoms with Crippen molar-refractivity contribution in [2.45, 2.75) is 45.0 Å². The molecule has 1 heterocycles. The Balaban J connectivity index is 2.19. The maximum Gasteiger partial charge on any atom is 0.0849 e. The van der Waals surface area contributed by atoms with Gasteiger partial charge in [0.15, 0.2) is 0 Å². The highest BCUT2D eigenvalue weighted by atomic mass is 79.9. The SMILES string of the molecule is CCc1nn(CC)c(CC(C)C(Br)c2ccccc2)c1Cl. The molecule has 0 spiro atoms. The van der Waals surface area contributed by atoms with E-state index in [1.165, 1.54) is 5.56 Å². The first-order valence-corrected chi connectivity index (χ1v) is 8.80. The maximum absolute atomic E-state index is 6.50. The van der Waals surface area contributed by atoms with Gasteiger partial charge in [0, 0.05) is 11.4 Å². The number of aromatic nitrogens is 2. The van der Waals surface area contributed by atoms with E-state index >= 15 is 0 Å². The van der Waals surface area contributed by atoms with Gasteiger partial charge < -0.3 is 0 Å². The summed E-state index contributed by atoms with van der Waals surface area (Å²) in [5, 5.41) is 5.45. The van der Waals surface area contributed by atoms with Gasteiger partial charge in [0.25, 0.3) is 0 Å². The van der Waals surface area contributed by atoms with Crippen LogP contribution in [-0.4, -0.2) is 9.78 Å². The van der Waals surface area contributed by atoms with E-state index in [0.29, 0.717) is 10.7 Å². The van der Waals surface area contributed by atoms with Crippen LogP contribution in [0.2, 0.25) is 5.02 Å². The predicted molar refractivity (Wildman–Crippen MR) is 93.3 cm³/mol. The lowest BCUT2D eigenvalue weighted by molar-refractivity contribution is 0.524. The highest BCUT2D eigenvalue weighted by Crippen LogP contribution is 2.34. The Morgan fingerprint density at radius 1 is 1.24 bits per heavy atom. The Morgan fingerprint density at radius 3 is 2.48 bits per heavy atom. The molecule has 0 saturated heterocycles. The summed E-state index contributed by atoms with van der Waals surface area (Å²) in [7, 11) is 0. The van der Waals surface area contributed by atoms with E-state index in [2.05, 4.69) is 66.1 Å². The zero-order chi connectivity index (χ0) is 15.4. The van der Waals surface area contributed by atoms with Crippen LogP contribution < -0.4 is 0 Å². The van der Waals surface area contributed by atoms with Gasteiger partial charge in [-0.2, -0.15) is 5.10 Å². The van der Waals surface area contributed by atoms with Gasteiger partial charge in [-0.05, 0) is 31.2 Å². The van der Waals surface area contributed by atoms with E-state index in [1.54, 1.807) is 0 Å². The second-order valence-corrected chi connectivity index (χ2v) is 6.74. The largest absolute Gasteiger partial charge is 0.268 e. The minimum absolute atomic E-state index is 0.319. The lowest BCUT2D eigenvalue weighted by atomic mass is 9.96. The fourth-order valence-corrected chi connectivity index (χ4v) is 3.42. The van der Waals surface area contributed by atoms with E-state index in [4.69, 9.17) is 11.6 Å². The summed E-state index contributed by atoms with van der Waals surface area (Å²) in [4.78, 5) is 0.319. The second-order valence-electron chi connectivity index (χ2n) is 5.37. The smallest absolute Gasteiger partial charge is 0.0849 e. The number of rotatable bonds is 6. The molecule has 2 atom stereocenters. The molecule has 0 radical (unpaired) electrons. The van der Waals surface area contributed by atoms with Crippen LogP contribution in [-0.2, 0) is 19.4 Å². The number of hydrogen-bond acceptors (Lipinski definition) is 1. The van der Waals surface area contributed by atoms with E-state index in [0.717, 1.165) is 35.8 Å². The number of alkyl halides is 1. The summed E-state index contributed by atoms with van der Waals surface area (Å²) in [6.07, 6.45) is 1.80. The highest BCUT2D eigenvalue weighted by Gasteiger charge is 2.21. The Kier molecular flexibility index (Phi) is 5.88. The summed E-state index contributed by atoms with van der Waals surface area (Å²) in [5.41, 5.74) is 3.47. The summed E-state index contributed by atoms with van der Waals surface area (Å²) in [5.74, 6) is 0.441. The number of halogens is 2. The number of nitrogens with zero attached hydrogens (tertiary/aromatic N) is 2. The van der Waals surface area contributed by atoms with Crippen molar-refractivity contribution >= 4 is 27.5 Å². The fraction of sp³-hybridized carbons (Fsp3) is 0.471. The molecule has 1 aromatic carbocycles. The van der Waals surface area contributed by atoms with E-state index in [9.17, 15) is 0 Å². The standard InChI is InChI=1S/C17H22BrClN2/c1-4-14-17(19)15(21(5-2)20-14)11-12(3)16(18)13-9-7-6-8-10-13/h6-10,12,16H,4-5,11H2,1-3H3. The van der Waals surface area contributed by atoms with Crippen LogP contribution in [0.25, 0.3) is 0 Å². The lowest BCUT2D eigenvalue weighted by Gasteiger charge is -2.19. The quantitative estimate of drug-likeness (QED) is 0.620. The molecule has 1 aromatic heterocycles. The molecular formula is C17H22BrClN2. The monoisotopic (exact) mass is 368 g/mol. The first kappa shape index (κ1) is 16.6. The Bertz CT molecular complexity index is 580. The molecule has 2 aromatic rings. The summed E-state index contributed by atoms with van der Waals surface area (Å²) in [6, 6.07) is 10.5. The van der Waals surface area contributed by atoms with E-state index in [1.807, 2.05) is 10.7 Å². The van der Waals surface area contributed by atoms with Gasteiger partial charge in [0.1, 0.15) is 0 Å². The highest BCUT2D eigenvalue weighted by molar-refractivity contribution is 9.09. The molecule has 0 amide bonds. The maximum atomic E-state index is 6.50. The van der Waals surface area contributed by atoms with Crippen LogP contribution in [0.1, 0.15) is 42.5 Å². The molecule has 0 aliphatic heterocycles. The van der Waals surface area contributed by atoms with Crippen molar-refractivity contribution in [3.63, 3.8) is 0 Å². The third kappa shape index (κ3) is 3.70. The summed E-state index contributed by atoms with van der Waals surface area (Å²) < 4.78 is 2.04. The van der Waals surface area contributed by atoms with Gasteiger partial charge in [-0.3, -0.25) is 4.68 Å². The van der Waals surface area contributed by atoms with Crippen LogP contribution >= 0.6 is 27.5 Å². The van der Waals surface area contributed by atoms with Gasteiger partial charge in [-0.15, -0.1) is 0 Å². The Hall–Kier alpha value is -0.800. The molecule has 0 saturated carbocycles. The minimum atomic E-state index is 0.319. The molecule has 0 aliphatic carbocycles. The van der Waals surface area contributed by atoms with Crippen molar-refractivity contribution in [3.8, 4) is 0 Å². The summed E-state index contributed by atoms with van der Waals surface area (Å²) in [6.45, 7) is 7.32. The number of aryl methyl sites for hydroxylation is 2. The Morgan fingerprint density at radius 2 is 1.90 bits per heavy atom. The normalized spacial score (nSPS) is 14.1. The predicted octanol–water partition coefficient (Wildman–Crippen LogP) is 5.43. The minimum Gasteiger partial charge on any atom is -0.268 e. The topological polar surface area (TPSA) is 17.8 Å². The third-order valence-electron chi connectivity index (χ3n) is 3.83. The first-order valence-electron chi connectivity index (χ1n) is 7.51. The number of hydrogen-bond donors (Lipinski definition) is 0. The van der Waals surface area contributed by atoms with Gasteiger partial charge >= 0.3 is 0 Å². The molecule has 4 heteroatoms. The molecule has 0 N–H and O–H groups in total. The van der Waals surface area contributed by atoms with Gasteiger partial charge in [-0.1, -0.05) is 71.7 Å². The number of benzene rings is 1. The van der Waals surface area contributed by atoms with Crippen molar-refractivity contribution in [1.29, 1.82) is 0 Å². The lowest BCUT2D eigenvalue weighted by Crippen LogP contribution is -2.11. The molecule has 114 valence electrons. The summed E-state index contributed by atoms with van der Waals surface area (Å²) >= 11 is 10.3. The molecule has 0 fully saturated rings. The molecule has 21 heavy (non-hydrogen) atoms. The van der Waals surface area contributed by atoms with Crippen molar-refractivity contribution in [3.05, 3.63) is 52.3 Å². The molecule has 2 nitrogen and oxygen atoms in total. The van der Waals surface area contributed by atoms with Gasteiger partial charge in [0.05, 0.1) is 16.4 Å². The van der Waals surface area contributed by atoms with E-state index in [-0.39, 0.29) is 0 Å². The zero-order valence-corrected chi connectivity index (χ0v) is 15.2. The van der Waals surface area contributed by atoms with Crippen LogP contribution in [0.4, 0.5) is 0 Å². The molecular weight excluding hydrogens is 348 g/mol. The van der Waals surface area contributed by atoms with Crippen molar-refractivity contribution in [2.24, 2.45) is 5.92 Å². The molecule has 0 bridgehead atoms.